The summed E-state index contributed by atoms with van der Waals surface area (Å²) in [6.07, 6.45) is 7.99. The molecule has 6 nitrogen and oxygen atoms in total. The van der Waals surface area contributed by atoms with Gasteiger partial charge in [-0.2, -0.15) is 0 Å². The first kappa shape index (κ1) is 67.2. The number of aliphatic carboxylic acids is 1. The average Bonchev–Trinajstić information content (AvgIpc) is 3.58. The van der Waals surface area contributed by atoms with E-state index in [1.54, 1.807) is 0 Å². The number of hydrogen-bond acceptors (Lipinski definition) is 5. The summed E-state index contributed by atoms with van der Waals surface area (Å²) in [5, 5.41) is 19.9. The SMILES string of the molecule is CCC(CC)(c1ccc(CCC(O)C(C)(C)C)c(C)c1)c1ccc(-c2cccc(CC(=O)O)c2)c(C)c1.CCC(CC)(c1ccc(CCC(O[Si](C)(C)C(C)(C)C)C(C)(C)C)c(C)c1)c1ccc(-c2cccc(CC(=O)OC)c2)c(C)c1. The second-order valence-electron chi connectivity index (χ2n) is 27.3. The summed E-state index contributed by atoms with van der Waals surface area (Å²) in [5.41, 5.74) is 19.4. The number of benzene rings is 6. The molecule has 0 aliphatic carbocycles. The van der Waals surface area contributed by atoms with E-state index >= 15 is 0 Å². The summed E-state index contributed by atoms with van der Waals surface area (Å²) in [4.78, 5) is 23.0. The van der Waals surface area contributed by atoms with Crippen molar-refractivity contribution >= 4 is 20.3 Å². The van der Waals surface area contributed by atoms with Gasteiger partial charge in [0.15, 0.2) is 8.32 Å². The molecule has 6 aromatic rings. The van der Waals surface area contributed by atoms with Crippen LogP contribution in [-0.2, 0) is 55.3 Å². The molecule has 0 aliphatic rings. The van der Waals surface area contributed by atoms with Gasteiger partial charge in [0, 0.05) is 10.8 Å². The van der Waals surface area contributed by atoms with Crippen LogP contribution in [0.5, 0.6) is 0 Å². The first-order valence-corrected chi connectivity index (χ1v) is 33.5. The zero-order valence-electron chi connectivity index (χ0n) is 54.3. The van der Waals surface area contributed by atoms with Crippen LogP contribution >= 0.6 is 0 Å². The molecule has 0 saturated heterocycles. The van der Waals surface area contributed by atoms with Gasteiger partial charge >= 0.3 is 11.9 Å². The van der Waals surface area contributed by atoms with Crippen molar-refractivity contribution in [1.82, 2.24) is 0 Å². The zero-order valence-corrected chi connectivity index (χ0v) is 55.3. The number of carboxylic acids is 1. The van der Waals surface area contributed by atoms with E-state index in [-0.39, 0.29) is 57.7 Å². The van der Waals surface area contributed by atoms with E-state index in [0.29, 0.717) is 0 Å². The number of ether oxygens (including phenoxy) is 1. The van der Waals surface area contributed by atoms with Crippen LogP contribution in [-0.4, -0.2) is 49.8 Å². The molecule has 0 aliphatic heterocycles. The maximum absolute atomic E-state index is 11.9. The second kappa shape index (κ2) is 27.9. The van der Waals surface area contributed by atoms with E-state index in [9.17, 15) is 19.8 Å². The molecule has 0 radical (unpaired) electrons. The number of carboxylic acid groups (broad SMARTS) is 1. The molecule has 2 unspecified atom stereocenters. The Balaban J connectivity index is 0.000000306. The molecule has 2 N–H and O–H groups in total. The molecule has 0 bridgehead atoms. The summed E-state index contributed by atoms with van der Waals surface area (Å²) < 4.78 is 11.9. The summed E-state index contributed by atoms with van der Waals surface area (Å²) in [6, 6.07) is 43.9. The van der Waals surface area contributed by atoms with Gasteiger partial charge in [-0.05, 0) is 197 Å². The van der Waals surface area contributed by atoms with Crippen LogP contribution in [0.25, 0.3) is 22.3 Å². The molecule has 444 valence electrons. The number of hydrogen-bond donors (Lipinski definition) is 2. The number of rotatable bonds is 22. The highest BCUT2D eigenvalue weighted by Crippen LogP contribution is 2.45. The van der Waals surface area contributed by atoms with Crippen molar-refractivity contribution in [2.45, 2.75) is 223 Å². The molecule has 7 heteroatoms. The molecule has 0 aromatic heterocycles. The van der Waals surface area contributed by atoms with Crippen molar-refractivity contribution in [1.29, 1.82) is 0 Å². The van der Waals surface area contributed by atoms with Crippen molar-refractivity contribution in [3.05, 3.63) is 188 Å². The summed E-state index contributed by atoms with van der Waals surface area (Å²) in [7, 11) is -0.434. The lowest BCUT2D eigenvalue weighted by atomic mass is 9.69. The third-order valence-electron chi connectivity index (χ3n) is 18.7. The van der Waals surface area contributed by atoms with Gasteiger partial charge in [0.2, 0.25) is 0 Å². The number of aliphatic hydroxyl groups is 1. The maximum atomic E-state index is 11.9. The van der Waals surface area contributed by atoms with Gasteiger partial charge in [0.25, 0.3) is 0 Å². The summed E-state index contributed by atoms with van der Waals surface area (Å²) >= 11 is 0. The lowest BCUT2D eigenvalue weighted by Crippen LogP contribution is -2.47. The second-order valence-corrected chi connectivity index (χ2v) is 32.1. The minimum Gasteiger partial charge on any atom is -0.481 e. The van der Waals surface area contributed by atoms with E-state index in [2.05, 4.69) is 222 Å². The largest absolute Gasteiger partial charge is 0.481 e. The number of aliphatic hydroxyl groups excluding tert-OH is 1. The Labute approximate surface area is 498 Å². The molecule has 6 rings (SSSR count). The highest BCUT2D eigenvalue weighted by atomic mass is 28.4. The van der Waals surface area contributed by atoms with Crippen LogP contribution < -0.4 is 0 Å². The Hall–Kier alpha value is -5.60. The molecular weight excluding hydrogens is 1020 g/mol. The van der Waals surface area contributed by atoms with E-state index in [0.717, 1.165) is 79.2 Å². The van der Waals surface area contributed by atoms with Gasteiger partial charge in [0.1, 0.15) is 0 Å². The molecule has 0 spiro atoms. The van der Waals surface area contributed by atoms with Crippen LogP contribution in [0, 0.1) is 38.5 Å². The molecule has 2 atom stereocenters. The van der Waals surface area contributed by atoms with E-state index in [1.165, 1.54) is 68.3 Å². The number of carbonyl (C=O) groups is 2. The highest BCUT2D eigenvalue weighted by Gasteiger charge is 2.42. The topological polar surface area (TPSA) is 93.1 Å². The normalized spacial score (nSPS) is 13.3. The first-order valence-electron chi connectivity index (χ1n) is 30.5. The molecule has 0 amide bonds. The fourth-order valence-corrected chi connectivity index (χ4v) is 13.4. The minimum absolute atomic E-state index is 0.0320. The fraction of sp³-hybridized carbons (Fsp3) is 0.493. The van der Waals surface area contributed by atoms with Crippen LogP contribution in [0.1, 0.15) is 195 Å². The number of methoxy groups -OCH3 is 1. The Morgan fingerprint density at radius 2 is 0.902 bits per heavy atom. The molecule has 6 aromatic carbocycles. The van der Waals surface area contributed by atoms with Gasteiger partial charge in [0.05, 0.1) is 32.2 Å². The average molecular weight is 1130 g/mol. The van der Waals surface area contributed by atoms with Gasteiger partial charge in [-0.1, -0.05) is 211 Å². The van der Waals surface area contributed by atoms with Gasteiger partial charge in [-0.3, -0.25) is 9.59 Å². The van der Waals surface area contributed by atoms with E-state index in [1.807, 2.05) is 30.3 Å². The van der Waals surface area contributed by atoms with Crippen molar-refractivity contribution in [2.24, 2.45) is 10.8 Å². The molecule has 0 fully saturated rings. The molecule has 0 heterocycles. The fourth-order valence-electron chi connectivity index (χ4n) is 11.9. The zero-order chi connectivity index (χ0) is 61.2. The third kappa shape index (κ3) is 16.4. The van der Waals surface area contributed by atoms with Crippen molar-refractivity contribution in [2.75, 3.05) is 7.11 Å². The smallest absolute Gasteiger partial charge is 0.309 e. The highest BCUT2D eigenvalue weighted by molar-refractivity contribution is 6.74. The van der Waals surface area contributed by atoms with Gasteiger partial charge < -0.3 is 19.4 Å². The van der Waals surface area contributed by atoms with Gasteiger partial charge in [-0.25, -0.2) is 0 Å². The molecule has 82 heavy (non-hydrogen) atoms. The number of carbonyl (C=O) groups excluding carboxylic acids is 1. The van der Waals surface area contributed by atoms with Crippen LogP contribution in [0.15, 0.2) is 121 Å². The van der Waals surface area contributed by atoms with Crippen molar-refractivity contribution in [3.8, 4) is 22.3 Å². The van der Waals surface area contributed by atoms with Crippen LogP contribution in [0.3, 0.4) is 0 Å². The standard InChI is InChI=1S/C41H60O3Si.C34H44O3/c1-14-41(15-2,35-22-23-36(30(4)26-35)33-18-16-17-31(27-33)28-38(42)43-11)34-21-19-32(29(3)25-34)20-24-37(39(5,6)7)44-45(12,13)40(8,9)10;1-8-34(9-2,28-15-13-26(23(3)19-28)14-18-31(35)33(5,6)7)29-16-17-30(24(4)20-29)27-12-10-11-25(21-27)22-32(36)37/h16-19,21-23,25-27,37H,14-15,20,24,28H2,1-13H3;10-13,15-17,19-21,31,35H,8-9,14,18,22H2,1-7H3,(H,36,37). The molecular formula is C75H104O6Si. The van der Waals surface area contributed by atoms with Crippen molar-refractivity contribution in [3.63, 3.8) is 0 Å². The van der Waals surface area contributed by atoms with Gasteiger partial charge in [-0.15, -0.1) is 0 Å². The molecule has 0 saturated carbocycles. The summed E-state index contributed by atoms with van der Waals surface area (Å²) in [5.74, 6) is -1.03. The minimum atomic E-state index is -1.87. The Kier molecular flexibility index (Phi) is 22.8. The predicted molar refractivity (Wildman–Crippen MR) is 349 cm³/mol. The Morgan fingerprint density at radius 3 is 1.24 bits per heavy atom. The monoisotopic (exact) mass is 1130 g/mol. The van der Waals surface area contributed by atoms with E-state index < -0.39 is 14.3 Å². The lowest BCUT2D eigenvalue weighted by molar-refractivity contribution is -0.140. The maximum Gasteiger partial charge on any atom is 0.309 e. The van der Waals surface area contributed by atoms with Crippen molar-refractivity contribution < 1.29 is 29.0 Å². The van der Waals surface area contributed by atoms with Crippen LogP contribution in [0.2, 0.25) is 18.1 Å². The Bertz CT molecular complexity index is 3090. The predicted octanol–water partition coefficient (Wildman–Crippen LogP) is 19.2. The van der Waals surface area contributed by atoms with Crippen LogP contribution in [0.4, 0.5) is 0 Å². The quantitative estimate of drug-likeness (QED) is 0.0520. The Morgan fingerprint density at radius 1 is 0.512 bits per heavy atom. The number of esters is 1. The lowest BCUT2D eigenvalue weighted by Gasteiger charge is -2.43. The third-order valence-corrected chi connectivity index (χ3v) is 23.2. The van der Waals surface area contributed by atoms with E-state index in [4.69, 9.17) is 9.16 Å². The first-order chi connectivity index (χ1) is 38.3. The summed E-state index contributed by atoms with van der Waals surface area (Å²) in [6.45, 7) is 43.0. The number of aryl methyl sites for hydroxylation is 6.